The molecule has 0 aliphatic heterocycles. The van der Waals surface area contributed by atoms with E-state index in [1.165, 1.54) is 6.08 Å². The maximum atomic E-state index is 10.9. The molecule has 0 aliphatic rings. The third kappa shape index (κ3) is 4.63. The smallest absolute Gasteiger partial charge is 0.328 e. The summed E-state index contributed by atoms with van der Waals surface area (Å²) in [7, 11) is 0. The van der Waals surface area contributed by atoms with E-state index in [2.05, 4.69) is 0 Å². The fourth-order valence-corrected chi connectivity index (χ4v) is 1.82. The van der Waals surface area contributed by atoms with Gasteiger partial charge in [0.2, 0.25) is 5.91 Å². The van der Waals surface area contributed by atoms with Crippen LogP contribution in [0.4, 0.5) is 5.69 Å². The predicted molar refractivity (Wildman–Crippen MR) is 75.2 cm³/mol. The number of nitrogens with two attached hydrogens (primary N) is 1. The Morgan fingerprint density at radius 1 is 1.47 bits per heavy atom. The average Bonchev–Trinajstić information content (AvgIpc) is 2.34. The monoisotopic (exact) mass is 282 g/mol. The van der Waals surface area contributed by atoms with E-state index in [-0.39, 0.29) is 6.54 Å². The number of primary amides is 1. The maximum Gasteiger partial charge on any atom is 0.328 e. The number of aliphatic carboxylic acids is 1. The van der Waals surface area contributed by atoms with Crippen molar-refractivity contribution in [3.8, 4) is 0 Å². The van der Waals surface area contributed by atoms with Crippen molar-refractivity contribution < 1.29 is 14.7 Å². The van der Waals surface area contributed by atoms with Crippen molar-refractivity contribution in [1.29, 1.82) is 0 Å². The first-order valence-corrected chi connectivity index (χ1v) is 6.05. The maximum absolute atomic E-state index is 10.9. The highest BCUT2D eigenvalue weighted by Gasteiger charge is 2.09. The lowest BCUT2D eigenvalue weighted by atomic mass is 10.1. The lowest BCUT2D eigenvalue weighted by Crippen LogP contribution is -2.33. The molecule has 1 aromatic rings. The molecule has 6 heteroatoms. The van der Waals surface area contributed by atoms with Crippen LogP contribution in [0.2, 0.25) is 5.02 Å². The molecule has 1 rings (SSSR count). The lowest BCUT2D eigenvalue weighted by molar-refractivity contribution is -0.131. The molecule has 0 aromatic heterocycles. The molecule has 0 unspecified atom stereocenters. The lowest BCUT2D eigenvalue weighted by Gasteiger charge is -2.21. The average molecular weight is 283 g/mol. The van der Waals surface area contributed by atoms with E-state index >= 15 is 0 Å². The molecule has 1 aromatic carbocycles. The van der Waals surface area contributed by atoms with Crippen LogP contribution in [0.3, 0.4) is 0 Å². The van der Waals surface area contributed by atoms with E-state index in [9.17, 15) is 9.59 Å². The summed E-state index contributed by atoms with van der Waals surface area (Å²) in [5.41, 5.74) is 6.53. The minimum Gasteiger partial charge on any atom is -0.478 e. The first-order chi connectivity index (χ1) is 8.93. The number of carbonyl (C=O) groups is 2. The van der Waals surface area contributed by atoms with Crippen molar-refractivity contribution in [3.05, 3.63) is 34.9 Å². The van der Waals surface area contributed by atoms with E-state index < -0.39 is 11.9 Å². The van der Waals surface area contributed by atoms with Gasteiger partial charge in [0.05, 0.1) is 6.54 Å². The number of rotatable bonds is 6. The van der Waals surface area contributed by atoms with Crippen LogP contribution in [0, 0.1) is 0 Å². The van der Waals surface area contributed by atoms with Crippen LogP contribution in [0.15, 0.2) is 24.3 Å². The Balaban J connectivity index is 2.97. The van der Waals surface area contributed by atoms with Gasteiger partial charge in [0.15, 0.2) is 0 Å². The molecule has 19 heavy (non-hydrogen) atoms. The Hall–Kier alpha value is -2.01. The second-order valence-corrected chi connectivity index (χ2v) is 4.27. The standard InChI is InChI=1S/C13H15ClN2O3/c1-2-16(8-12(15)17)10-5-3-9(11(14)7-10)4-6-13(18)19/h3-7H,2,8H2,1H3,(H2,15,17)(H,18,19)/b6-4+. The van der Waals surface area contributed by atoms with Gasteiger partial charge >= 0.3 is 5.97 Å². The number of nitrogens with zero attached hydrogens (tertiary/aromatic N) is 1. The summed E-state index contributed by atoms with van der Waals surface area (Å²) in [5.74, 6) is -1.46. The van der Waals surface area contributed by atoms with Crippen molar-refractivity contribution in [2.24, 2.45) is 5.73 Å². The van der Waals surface area contributed by atoms with Crippen LogP contribution in [0.5, 0.6) is 0 Å². The molecule has 0 spiro atoms. The van der Waals surface area contributed by atoms with Gasteiger partial charge in [-0.2, -0.15) is 0 Å². The van der Waals surface area contributed by atoms with Crippen LogP contribution >= 0.6 is 11.6 Å². The first-order valence-electron chi connectivity index (χ1n) is 5.67. The van der Waals surface area contributed by atoms with Gasteiger partial charge in [0, 0.05) is 23.3 Å². The fraction of sp³-hybridized carbons (Fsp3) is 0.231. The second kappa shape index (κ2) is 6.80. The quantitative estimate of drug-likeness (QED) is 0.779. The number of carboxylic acid groups (broad SMARTS) is 1. The van der Waals surface area contributed by atoms with E-state index in [4.69, 9.17) is 22.4 Å². The van der Waals surface area contributed by atoms with Crippen LogP contribution in [0.25, 0.3) is 6.08 Å². The second-order valence-electron chi connectivity index (χ2n) is 3.86. The Morgan fingerprint density at radius 2 is 2.16 bits per heavy atom. The molecule has 0 aliphatic carbocycles. The molecule has 0 radical (unpaired) electrons. The number of carboxylic acids is 1. The van der Waals surface area contributed by atoms with Gasteiger partial charge in [-0.1, -0.05) is 17.7 Å². The molecule has 5 nitrogen and oxygen atoms in total. The van der Waals surface area contributed by atoms with Crippen molar-refractivity contribution in [3.63, 3.8) is 0 Å². The highest BCUT2D eigenvalue weighted by Crippen LogP contribution is 2.24. The van der Waals surface area contributed by atoms with Crippen LogP contribution < -0.4 is 10.6 Å². The zero-order chi connectivity index (χ0) is 14.4. The molecule has 102 valence electrons. The van der Waals surface area contributed by atoms with Gasteiger partial charge in [-0.3, -0.25) is 4.79 Å². The highest BCUT2D eigenvalue weighted by atomic mass is 35.5. The minimum absolute atomic E-state index is 0.108. The Kier molecular flexibility index (Phi) is 5.38. The van der Waals surface area contributed by atoms with Gasteiger partial charge < -0.3 is 15.7 Å². The zero-order valence-electron chi connectivity index (χ0n) is 10.5. The molecular formula is C13H15ClN2O3. The van der Waals surface area contributed by atoms with Gasteiger partial charge in [0.25, 0.3) is 0 Å². The van der Waals surface area contributed by atoms with E-state index in [0.29, 0.717) is 17.1 Å². The van der Waals surface area contributed by atoms with Crippen LogP contribution in [-0.2, 0) is 9.59 Å². The predicted octanol–water partition coefficient (Wildman–Crippen LogP) is 1.75. The molecule has 1 amide bonds. The first kappa shape index (κ1) is 15.0. The van der Waals surface area contributed by atoms with Gasteiger partial charge in [-0.05, 0) is 30.7 Å². The minimum atomic E-state index is -1.04. The van der Waals surface area contributed by atoms with Crippen LogP contribution in [-0.4, -0.2) is 30.1 Å². The number of benzene rings is 1. The number of anilines is 1. The summed E-state index contributed by atoms with van der Waals surface area (Å²) in [6.07, 6.45) is 2.43. The molecule has 0 atom stereocenters. The number of amides is 1. The third-order valence-corrected chi connectivity index (χ3v) is 2.81. The summed E-state index contributed by atoms with van der Waals surface area (Å²) >= 11 is 6.06. The van der Waals surface area contributed by atoms with Crippen molar-refractivity contribution in [2.75, 3.05) is 18.0 Å². The summed E-state index contributed by atoms with van der Waals surface area (Å²) in [6, 6.07) is 5.14. The Bertz CT molecular complexity index is 515. The summed E-state index contributed by atoms with van der Waals surface area (Å²) in [4.78, 5) is 23.2. The van der Waals surface area contributed by atoms with Gasteiger partial charge in [-0.25, -0.2) is 4.79 Å². The molecule has 0 bridgehead atoms. The van der Waals surface area contributed by atoms with Gasteiger partial charge in [0.1, 0.15) is 0 Å². The van der Waals surface area contributed by atoms with Crippen molar-refractivity contribution in [1.82, 2.24) is 0 Å². The number of halogens is 1. The largest absolute Gasteiger partial charge is 0.478 e. The zero-order valence-corrected chi connectivity index (χ0v) is 11.2. The van der Waals surface area contributed by atoms with E-state index in [0.717, 1.165) is 11.8 Å². The normalized spacial score (nSPS) is 10.6. The van der Waals surface area contributed by atoms with Crippen molar-refractivity contribution >= 4 is 35.2 Å². The summed E-state index contributed by atoms with van der Waals surface area (Å²) < 4.78 is 0. The van der Waals surface area contributed by atoms with Crippen LogP contribution in [0.1, 0.15) is 12.5 Å². The number of likely N-dealkylation sites (N-methyl/N-ethyl adjacent to an activating group) is 1. The molecular weight excluding hydrogens is 268 g/mol. The summed E-state index contributed by atoms with van der Waals surface area (Å²) in [6.45, 7) is 2.62. The van der Waals surface area contributed by atoms with E-state index in [1.54, 1.807) is 23.1 Å². The molecule has 0 saturated carbocycles. The molecule has 0 fully saturated rings. The number of hydrogen-bond donors (Lipinski definition) is 2. The molecule has 3 N–H and O–H groups in total. The topological polar surface area (TPSA) is 83.6 Å². The van der Waals surface area contributed by atoms with Crippen molar-refractivity contribution in [2.45, 2.75) is 6.92 Å². The van der Waals surface area contributed by atoms with E-state index in [1.807, 2.05) is 6.92 Å². The third-order valence-electron chi connectivity index (χ3n) is 2.48. The Labute approximate surface area is 116 Å². The number of carbonyl (C=O) groups excluding carboxylic acids is 1. The van der Waals surface area contributed by atoms with Gasteiger partial charge in [-0.15, -0.1) is 0 Å². The highest BCUT2D eigenvalue weighted by molar-refractivity contribution is 6.32. The SMILES string of the molecule is CCN(CC(N)=O)c1ccc(/C=C/C(=O)O)c(Cl)c1. The molecule has 0 saturated heterocycles. The number of hydrogen-bond acceptors (Lipinski definition) is 3. The fourth-order valence-electron chi connectivity index (χ4n) is 1.58. The molecule has 0 heterocycles. The summed E-state index contributed by atoms with van der Waals surface area (Å²) in [5, 5.41) is 8.97. The Morgan fingerprint density at radius 3 is 2.63 bits per heavy atom.